The van der Waals surface area contributed by atoms with Crippen LogP contribution in [0.4, 0.5) is 0 Å². The standard InChI is InChI=1S/C25H23NO4/c1-17-13-21-20(15-26(16-29-21)11-5-9-18-7-3-2-4-8-18)25-23(17)24(27)22(30-25)14-19-10-6-12-28-19/h2-4,6-8,10,12-14H,5,9,11,15-16H2,1H3/b22-14-. The fourth-order valence-electron chi connectivity index (χ4n) is 4.07. The van der Waals surface area contributed by atoms with E-state index in [-0.39, 0.29) is 11.5 Å². The van der Waals surface area contributed by atoms with Crippen LogP contribution in [-0.2, 0) is 13.0 Å². The predicted molar refractivity (Wildman–Crippen MR) is 113 cm³/mol. The Bertz CT molecular complexity index is 1100. The fourth-order valence-corrected chi connectivity index (χ4v) is 4.07. The summed E-state index contributed by atoms with van der Waals surface area (Å²) < 4.78 is 17.4. The number of fused-ring (bicyclic) bond motifs is 3. The lowest BCUT2D eigenvalue weighted by molar-refractivity contribution is 0.0927. The number of ether oxygens (including phenoxy) is 2. The van der Waals surface area contributed by atoms with E-state index in [1.54, 1.807) is 24.5 Å². The van der Waals surface area contributed by atoms with Gasteiger partial charge in [0, 0.05) is 19.2 Å². The van der Waals surface area contributed by atoms with Crippen LogP contribution in [-0.4, -0.2) is 24.0 Å². The molecule has 5 rings (SSSR count). The largest absolute Gasteiger partial charge is 0.478 e. The second-order valence-corrected chi connectivity index (χ2v) is 7.74. The first-order valence-corrected chi connectivity index (χ1v) is 10.2. The number of furan rings is 1. The molecule has 0 aliphatic carbocycles. The van der Waals surface area contributed by atoms with Crippen LogP contribution in [0.2, 0.25) is 0 Å². The van der Waals surface area contributed by atoms with Crippen molar-refractivity contribution < 1.29 is 18.7 Å². The first kappa shape index (κ1) is 18.7. The molecule has 0 fully saturated rings. The maximum atomic E-state index is 13.0. The number of ketones is 1. The average Bonchev–Trinajstić information content (AvgIpc) is 3.38. The molecule has 0 unspecified atom stereocenters. The molecule has 1 aromatic heterocycles. The third-order valence-electron chi connectivity index (χ3n) is 5.59. The van der Waals surface area contributed by atoms with Gasteiger partial charge in [0.1, 0.15) is 24.0 Å². The van der Waals surface area contributed by atoms with Gasteiger partial charge >= 0.3 is 0 Å². The van der Waals surface area contributed by atoms with Gasteiger partial charge in [0.15, 0.2) is 5.76 Å². The lowest BCUT2D eigenvalue weighted by Crippen LogP contribution is -2.33. The lowest BCUT2D eigenvalue weighted by Gasteiger charge is -2.30. The van der Waals surface area contributed by atoms with Crippen molar-refractivity contribution in [2.45, 2.75) is 26.3 Å². The third-order valence-corrected chi connectivity index (χ3v) is 5.59. The Morgan fingerprint density at radius 3 is 2.80 bits per heavy atom. The SMILES string of the molecule is Cc1cc2c(c3c1C(=O)/C(=C/c1ccco1)O3)CN(CCCc1ccccc1)CO2. The third kappa shape index (κ3) is 3.53. The Hall–Kier alpha value is -3.31. The average molecular weight is 401 g/mol. The number of hydrogen-bond donors (Lipinski definition) is 0. The summed E-state index contributed by atoms with van der Waals surface area (Å²) in [5.41, 5.74) is 3.78. The molecule has 152 valence electrons. The summed E-state index contributed by atoms with van der Waals surface area (Å²) in [7, 11) is 0. The summed E-state index contributed by atoms with van der Waals surface area (Å²) in [5.74, 6) is 2.20. The van der Waals surface area contributed by atoms with Gasteiger partial charge in [0.05, 0.1) is 17.4 Å². The number of rotatable bonds is 5. The summed E-state index contributed by atoms with van der Waals surface area (Å²) in [5, 5.41) is 0. The summed E-state index contributed by atoms with van der Waals surface area (Å²) in [4.78, 5) is 15.2. The van der Waals surface area contributed by atoms with Gasteiger partial charge in [-0.15, -0.1) is 0 Å². The van der Waals surface area contributed by atoms with Crippen LogP contribution in [0.25, 0.3) is 6.08 Å². The zero-order valence-corrected chi connectivity index (χ0v) is 16.9. The highest BCUT2D eigenvalue weighted by molar-refractivity contribution is 6.15. The van der Waals surface area contributed by atoms with Crippen molar-refractivity contribution in [1.29, 1.82) is 0 Å². The van der Waals surface area contributed by atoms with Crippen molar-refractivity contribution in [3.63, 3.8) is 0 Å². The van der Waals surface area contributed by atoms with Gasteiger partial charge in [-0.3, -0.25) is 9.69 Å². The van der Waals surface area contributed by atoms with E-state index in [9.17, 15) is 4.79 Å². The van der Waals surface area contributed by atoms with Gasteiger partial charge in [0.25, 0.3) is 0 Å². The number of aryl methyl sites for hydroxylation is 2. The van der Waals surface area contributed by atoms with Gasteiger partial charge in [-0.1, -0.05) is 30.3 Å². The molecule has 0 spiro atoms. The normalized spacial score (nSPS) is 16.8. The Kier molecular flexibility index (Phi) is 4.89. The fraction of sp³-hybridized carbons (Fsp3) is 0.240. The molecule has 0 amide bonds. The number of carbonyl (C=O) groups excluding carboxylic acids is 1. The van der Waals surface area contributed by atoms with Crippen LogP contribution in [0, 0.1) is 6.92 Å². The van der Waals surface area contributed by atoms with Crippen molar-refractivity contribution in [3.8, 4) is 11.5 Å². The maximum Gasteiger partial charge on any atom is 0.232 e. The second-order valence-electron chi connectivity index (χ2n) is 7.74. The molecule has 0 bridgehead atoms. The molecule has 30 heavy (non-hydrogen) atoms. The van der Waals surface area contributed by atoms with E-state index >= 15 is 0 Å². The summed E-state index contributed by atoms with van der Waals surface area (Å²) >= 11 is 0. The number of Topliss-reactive ketones (excluding diaryl/α,β-unsaturated/α-hetero) is 1. The molecule has 0 N–H and O–H groups in total. The van der Waals surface area contributed by atoms with E-state index in [1.807, 2.05) is 19.1 Å². The maximum absolute atomic E-state index is 13.0. The molecule has 5 heteroatoms. The van der Waals surface area contributed by atoms with E-state index in [2.05, 4.69) is 29.2 Å². The highest BCUT2D eigenvalue weighted by Gasteiger charge is 2.35. The van der Waals surface area contributed by atoms with Crippen molar-refractivity contribution in [3.05, 3.63) is 88.6 Å². The Morgan fingerprint density at radius 1 is 1.13 bits per heavy atom. The molecule has 2 aliphatic heterocycles. The monoisotopic (exact) mass is 401 g/mol. The molecule has 2 aromatic carbocycles. The van der Waals surface area contributed by atoms with Crippen molar-refractivity contribution in [1.82, 2.24) is 4.90 Å². The minimum atomic E-state index is -0.108. The van der Waals surface area contributed by atoms with Crippen LogP contribution >= 0.6 is 0 Å². The van der Waals surface area contributed by atoms with Gasteiger partial charge in [-0.25, -0.2) is 0 Å². The van der Waals surface area contributed by atoms with Gasteiger partial charge in [0.2, 0.25) is 5.78 Å². The molecule has 0 saturated carbocycles. The lowest BCUT2D eigenvalue weighted by atomic mass is 9.98. The number of benzene rings is 2. The first-order chi connectivity index (χ1) is 14.7. The number of nitrogens with zero attached hydrogens (tertiary/aromatic N) is 1. The van der Waals surface area contributed by atoms with E-state index < -0.39 is 0 Å². The summed E-state index contributed by atoms with van der Waals surface area (Å²) in [6.45, 7) is 4.09. The van der Waals surface area contributed by atoms with Crippen LogP contribution < -0.4 is 9.47 Å². The van der Waals surface area contributed by atoms with Crippen LogP contribution in [0.1, 0.15) is 39.2 Å². The highest BCUT2D eigenvalue weighted by atomic mass is 16.5. The van der Waals surface area contributed by atoms with E-state index in [4.69, 9.17) is 13.9 Å². The number of carbonyl (C=O) groups is 1. The Morgan fingerprint density at radius 2 is 2.00 bits per heavy atom. The van der Waals surface area contributed by atoms with Crippen molar-refractivity contribution in [2.24, 2.45) is 0 Å². The zero-order chi connectivity index (χ0) is 20.5. The van der Waals surface area contributed by atoms with Crippen LogP contribution in [0.5, 0.6) is 11.5 Å². The molecule has 3 heterocycles. The molecule has 0 radical (unpaired) electrons. The van der Waals surface area contributed by atoms with E-state index in [0.717, 1.165) is 36.3 Å². The minimum absolute atomic E-state index is 0.108. The van der Waals surface area contributed by atoms with E-state index in [1.165, 1.54) is 5.56 Å². The molecule has 0 saturated heterocycles. The zero-order valence-electron chi connectivity index (χ0n) is 16.9. The van der Waals surface area contributed by atoms with Gasteiger partial charge in [-0.05, 0) is 49.1 Å². The Labute approximate surface area is 175 Å². The molecule has 0 atom stereocenters. The predicted octanol–water partition coefficient (Wildman–Crippen LogP) is 4.99. The Balaban J connectivity index is 1.35. The number of allylic oxidation sites excluding steroid dienone is 1. The van der Waals surface area contributed by atoms with Gasteiger partial charge < -0.3 is 13.9 Å². The topological polar surface area (TPSA) is 51.9 Å². The van der Waals surface area contributed by atoms with Crippen LogP contribution in [0.15, 0.2) is 65.0 Å². The summed E-state index contributed by atoms with van der Waals surface area (Å²) in [6.07, 6.45) is 5.30. The second kappa shape index (κ2) is 7.84. The quantitative estimate of drug-likeness (QED) is 0.564. The van der Waals surface area contributed by atoms with Gasteiger partial charge in [-0.2, -0.15) is 0 Å². The smallest absolute Gasteiger partial charge is 0.232 e. The summed E-state index contributed by atoms with van der Waals surface area (Å²) in [6, 6.07) is 16.0. The van der Waals surface area contributed by atoms with E-state index in [0.29, 0.717) is 30.3 Å². The highest BCUT2D eigenvalue weighted by Crippen LogP contribution is 2.44. The van der Waals surface area contributed by atoms with Crippen molar-refractivity contribution in [2.75, 3.05) is 13.3 Å². The molecular weight excluding hydrogens is 378 g/mol. The molecular formula is C25H23NO4. The first-order valence-electron chi connectivity index (χ1n) is 10.2. The van der Waals surface area contributed by atoms with Crippen LogP contribution in [0.3, 0.4) is 0 Å². The number of hydrogen-bond acceptors (Lipinski definition) is 5. The van der Waals surface area contributed by atoms with Crippen molar-refractivity contribution >= 4 is 11.9 Å². The molecule has 2 aliphatic rings. The molecule has 3 aromatic rings. The minimum Gasteiger partial charge on any atom is -0.478 e. The molecule has 5 nitrogen and oxygen atoms in total.